The van der Waals surface area contributed by atoms with Gasteiger partial charge >= 0.3 is 0 Å². The predicted molar refractivity (Wildman–Crippen MR) is 104 cm³/mol. The fourth-order valence-corrected chi connectivity index (χ4v) is 8.51. The van der Waals surface area contributed by atoms with Crippen molar-refractivity contribution in [1.82, 2.24) is 0 Å². The topological polar surface area (TPSA) is 0 Å². The lowest BCUT2D eigenvalue weighted by molar-refractivity contribution is -0.117. The Morgan fingerprint density at radius 1 is 0.833 bits per heavy atom. The third-order valence-corrected chi connectivity index (χ3v) is 10.0. The number of hydrogen-bond donors (Lipinski definition) is 0. The van der Waals surface area contributed by atoms with Crippen molar-refractivity contribution >= 4 is 0 Å². The van der Waals surface area contributed by atoms with Crippen molar-refractivity contribution in [2.75, 3.05) is 0 Å². The maximum Gasteiger partial charge on any atom is -0.0266 e. The summed E-state index contributed by atoms with van der Waals surface area (Å²) in [7, 11) is 0. The zero-order valence-corrected chi connectivity index (χ0v) is 16.9. The monoisotopic (exact) mass is 330 g/mol. The average molecular weight is 331 g/mol. The molecule has 0 bridgehead atoms. The summed E-state index contributed by atoms with van der Waals surface area (Å²) < 4.78 is 0. The Morgan fingerprint density at radius 3 is 2.38 bits per heavy atom. The van der Waals surface area contributed by atoms with E-state index in [0.29, 0.717) is 10.8 Å². The van der Waals surface area contributed by atoms with Gasteiger partial charge in [0.25, 0.3) is 0 Å². The van der Waals surface area contributed by atoms with E-state index < -0.39 is 0 Å². The van der Waals surface area contributed by atoms with Crippen LogP contribution in [0.1, 0.15) is 105 Å². The van der Waals surface area contributed by atoms with Crippen LogP contribution in [0, 0.1) is 46.3 Å². The molecule has 0 aromatic rings. The van der Waals surface area contributed by atoms with E-state index in [2.05, 4.69) is 27.7 Å². The largest absolute Gasteiger partial charge is 0.0654 e. The highest BCUT2D eigenvalue weighted by Crippen LogP contribution is 2.68. The zero-order chi connectivity index (χ0) is 16.9. The Balaban J connectivity index is 1.54. The molecular weight excluding hydrogens is 288 g/mol. The summed E-state index contributed by atoms with van der Waals surface area (Å²) in [5, 5.41) is 0. The third-order valence-electron chi connectivity index (χ3n) is 10.0. The highest BCUT2D eigenvalue weighted by atomic mass is 14.6. The lowest BCUT2D eigenvalue weighted by Gasteiger charge is -2.61. The van der Waals surface area contributed by atoms with Crippen LogP contribution in [0.5, 0.6) is 0 Å². The molecule has 0 saturated heterocycles. The maximum absolute atomic E-state index is 2.73. The number of unbranched alkanes of at least 4 members (excludes halogenated alkanes) is 1. The van der Waals surface area contributed by atoms with E-state index in [-0.39, 0.29) is 0 Å². The van der Waals surface area contributed by atoms with E-state index in [1.807, 2.05) is 0 Å². The summed E-state index contributed by atoms with van der Waals surface area (Å²) in [4.78, 5) is 0. The second-order valence-electron chi connectivity index (χ2n) is 11.0. The molecule has 4 aliphatic carbocycles. The van der Waals surface area contributed by atoms with Gasteiger partial charge in [0, 0.05) is 0 Å². The molecule has 0 N–H and O–H groups in total. The molecule has 0 amide bonds. The van der Waals surface area contributed by atoms with Crippen LogP contribution in [0.25, 0.3) is 0 Å². The molecule has 0 aromatic heterocycles. The van der Waals surface area contributed by atoms with Gasteiger partial charge in [-0.3, -0.25) is 0 Å². The molecule has 0 aliphatic heterocycles. The molecule has 0 nitrogen and oxygen atoms in total. The number of fused-ring (bicyclic) bond motifs is 5. The Morgan fingerprint density at radius 2 is 1.58 bits per heavy atom. The Bertz CT molecular complexity index is 453. The lowest BCUT2D eigenvalue weighted by Crippen LogP contribution is -2.53. The van der Waals surface area contributed by atoms with Gasteiger partial charge < -0.3 is 0 Å². The summed E-state index contributed by atoms with van der Waals surface area (Å²) in [5.41, 5.74) is 1.42. The van der Waals surface area contributed by atoms with Gasteiger partial charge in [-0.25, -0.2) is 0 Å². The highest BCUT2D eigenvalue weighted by molar-refractivity contribution is 5.08. The van der Waals surface area contributed by atoms with Crippen LogP contribution < -0.4 is 0 Å². The van der Waals surface area contributed by atoms with Crippen LogP contribution in [0.3, 0.4) is 0 Å². The maximum atomic E-state index is 2.73. The van der Waals surface area contributed by atoms with Gasteiger partial charge in [-0.1, -0.05) is 47.0 Å². The standard InChI is InChI=1S/C24H42/c1-5-6-7-18-9-11-21-20-10-8-19-16-17(2)12-14-24(19,4)22(20)13-15-23(18,21)3/h17-22H,5-16H2,1-4H3/t17-,18?,19-,20?,21-,22?,23?,24?/m1/s1. The van der Waals surface area contributed by atoms with E-state index in [9.17, 15) is 0 Å². The van der Waals surface area contributed by atoms with Crippen molar-refractivity contribution in [2.45, 2.75) is 105 Å². The van der Waals surface area contributed by atoms with Crippen LogP contribution in [-0.2, 0) is 0 Å². The molecule has 0 heteroatoms. The molecule has 138 valence electrons. The Kier molecular flexibility index (Phi) is 4.58. The minimum Gasteiger partial charge on any atom is -0.0654 e. The van der Waals surface area contributed by atoms with Gasteiger partial charge in [-0.05, 0) is 104 Å². The first-order valence-corrected chi connectivity index (χ1v) is 11.5. The third kappa shape index (κ3) is 2.52. The quantitative estimate of drug-likeness (QED) is 0.503. The van der Waals surface area contributed by atoms with Crippen molar-refractivity contribution in [3.63, 3.8) is 0 Å². The summed E-state index contributed by atoms with van der Waals surface area (Å²) in [5.74, 6) is 6.36. The highest BCUT2D eigenvalue weighted by Gasteiger charge is 2.59. The second kappa shape index (κ2) is 6.31. The van der Waals surface area contributed by atoms with Crippen molar-refractivity contribution in [2.24, 2.45) is 46.3 Å². The molecule has 0 heterocycles. The van der Waals surface area contributed by atoms with Gasteiger partial charge in [-0.15, -0.1) is 0 Å². The predicted octanol–water partition coefficient (Wildman–Crippen LogP) is 7.47. The lowest BCUT2D eigenvalue weighted by atomic mass is 9.44. The fourth-order valence-electron chi connectivity index (χ4n) is 8.51. The molecule has 4 saturated carbocycles. The molecule has 4 fully saturated rings. The summed E-state index contributed by atoms with van der Waals surface area (Å²) in [6, 6.07) is 0. The first kappa shape index (κ1) is 17.4. The van der Waals surface area contributed by atoms with Gasteiger partial charge in [0.1, 0.15) is 0 Å². The SMILES string of the molecule is CCCCC1CC[C@@H]2C3CC[C@@H]4C[C@H](C)CCC4(C)C3CCC12C. The first-order valence-electron chi connectivity index (χ1n) is 11.5. The Labute approximate surface area is 151 Å². The summed E-state index contributed by atoms with van der Waals surface area (Å²) in [6.07, 6.45) is 18.4. The molecule has 0 aromatic carbocycles. The summed E-state index contributed by atoms with van der Waals surface area (Å²) in [6.45, 7) is 10.3. The molecule has 4 aliphatic rings. The van der Waals surface area contributed by atoms with E-state index in [1.165, 1.54) is 25.7 Å². The molecule has 0 spiro atoms. The van der Waals surface area contributed by atoms with Gasteiger partial charge in [0.05, 0.1) is 0 Å². The van der Waals surface area contributed by atoms with Gasteiger partial charge in [0.2, 0.25) is 0 Å². The van der Waals surface area contributed by atoms with Crippen LogP contribution in [0.2, 0.25) is 0 Å². The van der Waals surface area contributed by atoms with Crippen molar-refractivity contribution < 1.29 is 0 Å². The molecule has 4 rings (SSSR count). The summed E-state index contributed by atoms with van der Waals surface area (Å²) >= 11 is 0. The van der Waals surface area contributed by atoms with Crippen LogP contribution in [0.4, 0.5) is 0 Å². The first-order chi connectivity index (χ1) is 11.5. The van der Waals surface area contributed by atoms with E-state index >= 15 is 0 Å². The Hall–Kier alpha value is 0. The van der Waals surface area contributed by atoms with Gasteiger partial charge in [0.15, 0.2) is 0 Å². The van der Waals surface area contributed by atoms with Crippen LogP contribution >= 0.6 is 0 Å². The van der Waals surface area contributed by atoms with Crippen LogP contribution in [-0.4, -0.2) is 0 Å². The minimum absolute atomic E-state index is 0.707. The van der Waals surface area contributed by atoms with E-state index in [0.717, 1.165) is 35.5 Å². The van der Waals surface area contributed by atoms with Crippen molar-refractivity contribution in [3.05, 3.63) is 0 Å². The van der Waals surface area contributed by atoms with E-state index in [1.54, 1.807) is 51.4 Å². The molecule has 24 heavy (non-hydrogen) atoms. The molecule has 0 radical (unpaired) electrons. The second-order valence-corrected chi connectivity index (χ2v) is 11.0. The fraction of sp³-hybridized carbons (Fsp3) is 1.00. The molecule has 8 atom stereocenters. The molecular formula is C24H42. The number of hydrogen-bond acceptors (Lipinski definition) is 0. The number of rotatable bonds is 3. The normalized spacial score (nSPS) is 54.0. The smallest absolute Gasteiger partial charge is 0.0266 e. The van der Waals surface area contributed by atoms with Crippen LogP contribution in [0.15, 0.2) is 0 Å². The molecule has 5 unspecified atom stereocenters. The minimum atomic E-state index is 0.707. The average Bonchev–Trinajstić information content (AvgIpc) is 2.90. The van der Waals surface area contributed by atoms with Gasteiger partial charge in [-0.2, -0.15) is 0 Å². The van der Waals surface area contributed by atoms with E-state index in [4.69, 9.17) is 0 Å². The van der Waals surface area contributed by atoms with Crippen molar-refractivity contribution in [1.29, 1.82) is 0 Å². The zero-order valence-electron chi connectivity index (χ0n) is 16.9. The van der Waals surface area contributed by atoms with Crippen molar-refractivity contribution in [3.8, 4) is 0 Å².